The second kappa shape index (κ2) is 13.2. The molecule has 0 saturated carbocycles. The molecule has 230 valence electrons. The molecule has 0 atom stereocenters. The van der Waals surface area contributed by atoms with Gasteiger partial charge in [-0.3, -0.25) is 19.3 Å². The average Bonchev–Trinajstić information content (AvgIpc) is 2.91. The molecular formula is C31H40N6O5S. The summed E-state index contributed by atoms with van der Waals surface area (Å²) in [4.78, 5) is 27.8. The van der Waals surface area contributed by atoms with Gasteiger partial charge >= 0.3 is 0 Å². The van der Waals surface area contributed by atoms with Gasteiger partial charge in [0, 0.05) is 25.4 Å². The molecule has 43 heavy (non-hydrogen) atoms. The first-order valence-corrected chi connectivity index (χ1v) is 15.3. The van der Waals surface area contributed by atoms with Crippen LogP contribution >= 0.6 is 0 Å². The van der Waals surface area contributed by atoms with Crippen LogP contribution in [0.15, 0.2) is 72.6 Å². The molecule has 3 aromatic carbocycles. The van der Waals surface area contributed by atoms with E-state index in [0.29, 0.717) is 12.2 Å². The number of sulfonamides is 1. The number of hydrogen-bond acceptors (Lipinski definition) is 8. The standard InChI is InChI=1S/C31H40N6O5S/c1-20-13-14-22(15-27(20)37(33)19-24(32)30(39)36(5)18-21-11-9-8-10-12-21)29(38)34-25-16-23(31(2,3)4)17-26(28(25)42-6)35-43(7,40)41/h8-17,19,35H,18,32-33H2,1-7H3,(H,34,38)/b24-19-. The first-order valence-electron chi connectivity index (χ1n) is 13.4. The third kappa shape index (κ3) is 8.72. The number of likely N-dealkylation sites (N-methyl/N-ethyl adjacent to an activating group) is 1. The number of nitrogens with zero attached hydrogens (tertiary/aromatic N) is 2. The minimum atomic E-state index is -3.63. The Kier molecular flexibility index (Phi) is 10.1. The molecule has 2 amide bonds. The molecule has 6 N–H and O–H groups in total. The Morgan fingerprint density at radius 3 is 2.23 bits per heavy atom. The van der Waals surface area contributed by atoms with Gasteiger partial charge in [-0.1, -0.05) is 57.2 Å². The van der Waals surface area contributed by atoms with E-state index in [9.17, 15) is 18.0 Å². The maximum absolute atomic E-state index is 13.5. The van der Waals surface area contributed by atoms with Crippen molar-refractivity contribution in [2.24, 2.45) is 11.6 Å². The number of anilines is 3. The smallest absolute Gasteiger partial charge is 0.271 e. The van der Waals surface area contributed by atoms with Crippen LogP contribution in [0, 0.1) is 6.92 Å². The van der Waals surface area contributed by atoms with Crippen molar-refractivity contribution in [1.82, 2.24) is 4.90 Å². The summed E-state index contributed by atoms with van der Waals surface area (Å²) in [5.41, 5.74) is 9.32. The molecule has 0 aliphatic carbocycles. The van der Waals surface area contributed by atoms with Gasteiger partial charge in [-0.05, 0) is 53.3 Å². The molecule has 0 fully saturated rings. The molecule has 3 rings (SSSR count). The van der Waals surface area contributed by atoms with Gasteiger partial charge in [-0.15, -0.1) is 0 Å². The summed E-state index contributed by atoms with van der Waals surface area (Å²) in [5, 5.41) is 4.04. The highest BCUT2D eigenvalue weighted by Gasteiger charge is 2.23. The van der Waals surface area contributed by atoms with Gasteiger partial charge in [0.15, 0.2) is 5.75 Å². The monoisotopic (exact) mass is 608 g/mol. The third-order valence-electron chi connectivity index (χ3n) is 6.59. The van der Waals surface area contributed by atoms with Gasteiger partial charge in [0.1, 0.15) is 5.70 Å². The zero-order chi connectivity index (χ0) is 32.1. The molecule has 0 aliphatic heterocycles. The van der Waals surface area contributed by atoms with Crippen molar-refractivity contribution in [2.45, 2.75) is 39.7 Å². The van der Waals surface area contributed by atoms with Crippen LogP contribution in [0.5, 0.6) is 5.75 Å². The van der Waals surface area contributed by atoms with Gasteiger partial charge in [0.2, 0.25) is 10.0 Å². The number of nitrogens with one attached hydrogen (secondary N) is 2. The third-order valence-corrected chi connectivity index (χ3v) is 7.18. The number of rotatable bonds is 10. The number of carbonyl (C=O) groups excluding carboxylic acids is 2. The van der Waals surface area contributed by atoms with E-state index in [4.69, 9.17) is 16.3 Å². The number of benzene rings is 3. The maximum Gasteiger partial charge on any atom is 0.271 e. The van der Waals surface area contributed by atoms with Gasteiger partial charge in [-0.2, -0.15) is 0 Å². The molecule has 0 saturated heterocycles. The lowest BCUT2D eigenvalue weighted by Gasteiger charge is -2.24. The molecule has 0 heterocycles. The van der Waals surface area contributed by atoms with Gasteiger partial charge in [-0.25, -0.2) is 14.3 Å². The van der Waals surface area contributed by atoms with E-state index < -0.39 is 21.8 Å². The van der Waals surface area contributed by atoms with E-state index >= 15 is 0 Å². The number of amides is 2. The lowest BCUT2D eigenvalue weighted by atomic mass is 9.86. The van der Waals surface area contributed by atoms with Crippen LogP contribution in [0.25, 0.3) is 0 Å². The Bertz CT molecular complexity index is 1630. The number of hydrogen-bond donors (Lipinski definition) is 4. The Hall–Kier alpha value is -4.55. The van der Waals surface area contributed by atoms with Crippen molar-refractivity contribution in [1.29, 1.82) is 0 Å². The molecule has 0 bridgehead atoms. The van der Waals surface area contributed by atoms with Crippen LogP contribution in [0.2, 0.25) is 0 Å². The molecule has 3 aromatic rings. The van der Waals surface area contributed by atoms with Crippen LogP contribution in [-0.2, 0) is 26.8 Å². The Labute approximate surface area is 253 Å². The number of methoxy groups -OCH3 is 1. The normalized spacial score (nSPS) is 12.0. The SMILES string of the molecule is COc1c(NC(=O)c2ccc(C)c(N(N)/C=C(\N)C(=O)N(C)Cc3ccccc3)c2)cc(C(C)(C)C)cc1NS(C)(=O)=O. The van der Waals surface area contributed by atoms with Crippen LogP contribution in [0.3, 0.4) is 0 Å². The Morgan fingerprint density at radius 2 is 1.65 bits per heavy atom. The quantitative estimate of drug-likeness (QED) is 0.152. The summed E-state index contributed by atoms with van der Waals surface area (Å²) in [6.45, 7) is 8.08. The number of hydrazine groups is 1. The largest absolute Gasteiger partial charge is 0.492 e. The highest BCUT2D eigenvalue weighted by atomic mass is 32.2. The van der Waals surface area contributed by atoms with Crippen LogP contribution < -0.4 is 31.4 Å². The number of aryl methyl sites for hydroxylation is 1. The van der Waals surface area contributed by atoms with Gasteiger partial charge < -0.3 is 20.7 Å². The first-order chi connectivity index (χ1) is 20.0. The van der Waals surface area contributed by atoms with E-state index in [1.807, 2.05) is 58.0 Å². The molecule has 0 spiro atoms. The average molecular weight is 609 g/mol. The highest BCUT2D eigenvalue weighted by Crippen LogP contribution is 2.39. The fourth-order valence-corrected chi connectivity index (χ4v) is 4.85. The molecule has 11 nitrogen and oxygen atoms in total. The van der Waals surface area contributed by atoms with E-state index in [1.165, 1.54) is 23.2 Å². The van der Waals surface area contributed by atoms with Crippen molar-refractivity contribution in [3.8, 4) is 5.75 Å². The number of ether oxygens (including phenoxy) is 1. The number of nitrogens with two attached hydrogens (primary N) is 2. The molecule has 0 unspecified atom stereocenters. The van der Waals surface area contributed by atoms with Gasteiger partial charge in [0.05, 0.1) is 30.4 Å². The second-order valence-corrected chi connectivity index (χ2v) is 13.1. The molecule has 0 radical (unpaired) electrons. The fraction of sp³-hybridized carbons (Fsp3) is 0.290. The lowest BCUT2D eigenvalue weighted by molar-refractivity contribution is -0.126. The second-order valence-electron chi connectivity index (χ2n) is 11.3. The predicted octanol–water partition coefficient (Wildman–Crippen LogP) is 4.06. The van der Waals surface area contributed by atoms with Crippen molar-refractivity contribution in [3.05, 3.63) is 94.8 Å². The van der Waals surface area contributed by atoms with E-state index in [-0.39, 0.29) is 33.8 Å². The zero-order valence-electron chi connectivity index (χ0n) is 25.6. The van der Waals surface area contributed by atoms with Gasteiger partial charge in [0.25, 0.3) is 11.8 Å². The van der Waals surface area contributed by atoms with Crippen molar-refractivity contribution < 1.29 is 22.7 Å². The molecular weight excluding hydrogens is 568 g/mol. The Morgan fingerprint density at radius 1 is 1.02 bits per heavy atom. The van der Waals surface area contributed by atoms with Crippen LogP contribution in [0.4, 0.5) is 17.1 Å². The lowest BCUT2D eigenvalue weighted by Crippen LogP contribution is -2.34. The summed E-state index contributed by atoms with van der Waals surface area (Å²) in [7, 11) is -0.596. The van der Waals surface area contributed by atoms with Crippen molar-refractivity contribution in [3.63, 3.8) is 0 Å². The van der Waals surface area contributed by atoms with E-state index in [1.54, 1.807) is 37.4 Å². The zero-order valence-corrected chi connectivity index (χ0v) is 26.4. The molecule has 12 heteroatoms. The highest BCUT2D eigenvalue weighted by molar-refractivity contribution is 7.92. The summed E-state index contributed by atoms with van der Waals surface area (Å²) in [5.74, 6) is 5.56. The summed E-state index contributed by atoms with van der Waals surface area (Å²) < 4.78 is 32.1. The summed E-state index contributed by atoms with van der Waals surface area (Å²) in [6, 6.07) is 17.9. The fourth-order valence-electron chi connectivity index (χ4n) is 4.30. The number of carbonyl (C=O) groups is 2. The van der Waals surface area contributed by atoms with Crippen LogP contribution in [-0.4, -0.2) is 45.5 Å². The van der Waals surface area contributed by atoms with Crippen molar-refractivity contribution in [2.75, 3.05) is 35.5 Å². The summed E-state index contributed by atoms with van der Waals surface area (Å²) in [6.07, 6.45) is 2.35. The maximum atomic E-state index is 13.5. The Balaban J connectivity index is 1.90. The van der Waals surface area contributed by atoms with Crippen molar-refractivity contribution >= 4 is 38.9 Å². The molecule has 0 aliphatic rings. The van der Waals surface area contributed by atoms with Crippen LogP contribution in [0.1, 0.15) is 47.8 Å². The molecule has 0 aromatic heterocycles. The topological polar surface area (TPSA) is 160 Å². The first kappa shape index (κ1) is 33.0. The minimum Gasteiger partial charge on any atom is -0.492 e. The van der Waals surface area contributed by atoms with E-state index in [0.717, 1.165) is 22.9 Å². The predicted molar refractivity (Wildman–Crippen MR) is 171 cm³/mol. The summed E-state index contributed by atoms with van der Waals surface area (Å²) >= 11 is 0. The minimum absolute atomic E-state index is 0.0789. The van der Waals surface area contributed by atoms with E-state index in [2.05, 4.69) is 10.0 Å².